The van der Waals surface area contributed by atoms with Crippen molar-refractivity contribution < 1.29 is 44.0 Å². The Morgan fingerprint density at radius 1 is 0.909 bits per heavy atom. The maximum absolute atomic E-state index is 13.3. The largest absolute Gasteiger partial charge is 0.516 e. The molecule has 3 aromatic rings. The van der Waals surface area contributed by atoms with Crippen LogP contribution in [-0.2, 0) is 27.4 Å². The highest BCUT2D eigenvalue weighted by Gasteiger charge is 2.46. The van der Waals surface area contributed by atoms with Crippen molar-refractivity contribution in [3.05, 3.63) is 66.1 Å². The first-order valence-corrected chi connectivity index (χ1v) is 10.4. The van der Waals surface area contributed by atoms with Gasteiger partial charge < -0.3 is 9.73 Å². The molecule has 0 unspecified atom stereocenters. The van der Waals surface area contributed by atoms with Gasteiger partial charge in [-0.3, -0.25) is 9.52 Å². The van der Waals surface area contributed by atoms with Gasteiger partial charge in [0, 0.05) is 16.9 Å². The Hall–Kier alpha value is -3.55. The molecule has 7 nitrogen and oxygen atoms in total. The summed E-state index contributed by atoms with van der Waals surface area (Å²) in [6.45, 7) is 0. The molecule has 1 aromatic heterocycles. The molecule has 33 heavy (non-hydrogen) atoms. The number of sulfonamides is 1. The van der Waals surface area contributed by atoms with Gasteiger partial charge in [0.2, 0.25) is 17.6 Å². The Kier molecular flexibility index (Phi) is 6.40. The lowest BCUT2D eigenvalue weighted by Crippen LogP contribution is -2.29. The van der Waals surface area contributed by atoms with Crippen molar-refractivity contribution in [2.45, 2.75) is 18.1 Å². The fraction of sp³-hybridized carbons (Fsp3) is 0.158. The molecule has 0 aliphatic carbocycles. The second kappa shape index (κ2) is 8.77. The fourth-order valence-electron chi connectivity index (χ4n) is 2.59. The van der Waals surface area contributed by atoms with E-state index in [9.17, 15) is 39.6 Å². The molecule has 3 rings (SSSR count). The smallest absolute Gasteiger partial charge is 0.431 e. The maximum atomic E-state index is 13.3. The Balaban J connectivity index is 1.74. The number of halogens is 6. The molecular formula is C19H13F6N3O4S. The summed E-state index contributed by atoms with van der Waals surface area (Å²) in [5, 5.41) is 2.25. The third-order valence-electron chi connectivity index (χ3n) is 4.03. The quantitative estimate of drug-likeness (QED) is 0.481. The van der Waals surface area contributed by atoms with Gasteiger partial charge in [0.05, 0.1) is 6.42 Å². The van der Waals surface area contributed by atoms with E-state index in [4.69, 9.17) is 4.42 Å². The number of hydrogen-bond donors (Lipinski definition) is 2. The second-order valence-corrected chi connectivity index (χ2v) is 8.19. The lowest BCUT2D eigenvalue weighted by Gasteiger charge is -2.11. The summed E-state index contributed by atoms with van der Waals surface area (Å²) in [7, 11) is -5.63. The van der Waals surface area contributed by atoms with Crippen molar-refractivity contribution >= 4 is 27.3 Å². The molecule has 1 heterocycles. The molecule has 2 N–H and O–H groups in total. The summed E-state index contributed by atoms with van der Waals surface area (Å²) in [5.41, 5.74) is -6.35. The highest BCUT2D eigenvalue weighted by Crippen LogP contribution is 2.35. The topological polar surface area (TPSA) is 101 Å². The summed E-state index contributed by atoms with van der Waals surface area (Å²) in [6, 6.07) is 11.7. The number of nitrogens with zero attached hydrogens (tertiary/aromatic N) is 1. The van der Waals surface area contributed by atoms with Gasteiger partial charge in [-0.1, -0.05) is 18.2 Å². The van der Waals surface area contributed by atoms with E-state index in [1.165, 1.54) is 16.9 Å². The average Bonchev–Trinajstić information content (AvgIpc) is 3.13. The number of hydrogen-bond acceptors (Lipinski definition) is 5. The SMILES string of the molecule is O=C(Cc1nc(-c2ccccc2)oc1C(F)(F)F)Nc1ccc(NS(=O)(=O)C(F)(F)F)cc1. The van der Waals surface area contributed by atoms with E-state index in [0.717, 1.165) is 24.3 Å². The minimum Gasteiger partial charge on any atom is -0.431 e. The van der Waals surface area contributed by atoms with E-state index in [-0.39, 0.29) is 17.1 Å². The molecular weight excluding hydrogens is 480 g/mol. The van der Waals surface area contributed by atoms with Gasteiger partial charge in [-0.15, -0.1) is 0 Å². The molecule has 2 aromatic carbocycles. The zero-order valence-corrected chi connectivity index (χ0v) is 17.0. The van der Waals surface area contributed by atoms with Crippen LogP contribution in [-0.4, -0.2) is 24.8 Å². The van der Waals surface area contributed by atoms with Crippen LogP contribution in [0.3, 0.4) is 0 Å². The highest BCUT2D eigenvalue weighted by molar-refractivity contribution is 7.93. The summed E-state index contributed by atoms with van der Waals surface area (Å²) >= 11 is 0. The summed E-state index contributed by atoms with van der Waals surface area (Å²) < 4.78 is 105. The van der Waals surface area contributed by atoms with Crippen LogP contribution in [0.5, 0.6) is 0 Å². The molecule has 0 bridgehead atoms. The van der Waals surface area contributed by atoms with Crippen LogP contribution in [0.25, 0.3) is 11.5 Å². The monoisotopic (exact) mass is 493 g/mol. The van der Waals surface area contributed by atoms with Gasteiger partial charge in [0.1, 0.15) is 5.69 Å². The third-order valence-corrected chi connectivity index (χ3v) is 5.14. The van der Waals surface area contributed by atoms with Gasteiger partial charge in [0.25, 0.3) is 0 Å². The number of alkyl halides is 6. The summed E-state index contributed by atoms with van der Waals surface area (Å²) in [4.78, 5) is 16.0. The van der Waals surface area contributed by atoms with Gasteiger partial charge in [-0.2, -0.15) is 34.8 Å². The van der Waals surface area contributed by atoms with Crippen molar-refractivity contribution in [2.24, 2.45) is 0 Å². The van der Waals surface area contributed by atoms with E-state index < -0.39 is 51.2 Å². The normalized spacial score (nSPS) is 12.4. The van der Waals surface area contributed by atoms with Crippen LogP contribution < -0.4 is 10.0 Å². The fourth-order valence-corrected chi connectivity index (χ4v) is 3.15. The van der Waals surface area contributed by atoms with Crippen molar-refractivity contribution in [3.63, 3.8) is 0 Å². The molecule has 0 fully saturated rings. The zero-order chi connectivity index (χ0) is 24.4. The average molecular weight is 493 g/mol. The number of amides is 1. The van der Waals surface area contributed by atoms with Crippen LogP contribution >= 0.6 is 0 Å². The summed E-state index contributed by atoms with van der Waals surface area (Å²) in [5.74, 6) is -2.68. The number of benzene rings is 2. The Bertz CT molecular complexity index is 1240. The molecule has 0 spiro atoms. The first-order chi connectivity index (χ1) is 15.3. The minimum atomic E-state index is -5.63. The van der Waals surface area contributed by atoms with Crippen LogP contribution in [0, 0.1) is 0 Å². The standard InChI is InChI=1S/C19H13F6N3O4S/c20-18(21,22)16-14(27-17(32-16)11-4-2-1-3-5-11)10-15(29)26-12-6-8-13(9-7-12)28-33(30,31)19(23,24)25/h1-9,28H,10H2,(H,26,29). The first kappa shape index (κ1) is 24.1. The van der Waals surface area contributed by atoms with E-state index in [1.807, 2.05) is 0 Å². The molecule has 176 valence electrons. The Labute approximate surface area is 182 Å². The second-order valence-electron chi connectivity index (χ2n) is 6.51. The third kappa shape index (κ3) is 5.83. The van der Waals surface area contributed by atoms with E-state index >= 15 is 0 Å². The van der Waals surface area contributed by atoms with Gasteiger partial charge >= 0.3 is 21.7 Å². The van der Waals surface area contributed by atoms with Gasteiger partial charge in [-0.25, -0.2) is 4.98 Å². The van der Waals surface area contributed by atoms with Crippen LogP contribution in [0.4, 0.5) is 37.7 Å². The van der Waals surface area contributed by atoms with E-state index in [2.05, 4.69) is 10.3 Å². The highest BCUT2D eigenvalue weighted by atomic mass is 32.2. The van der Waals surface area contributed by atoms with Crippen molar-refractivity contribution in [1.29, 1.82) is 0 Å². The maximum Gasteiger partial charge on any atom is 0.516 e. The Morgan fingerprint density at radius 2 is 1.48 bits per heavy atom. The lowest BCUT2D eigenvalue weighted by atomic mass is 10.2. The molecule has 0 radical (unpaired) electrons. The molecule has 0 saturated heterocycles. The van der Waals surface area contributed by atoms with Gasteiger partial charge in [0.15, 0.2) is 0 Å². The lowest BCUT2D eigenvalue weighted by molar-refractivity contribution is -0.153. The van der Waals surface area contributed by atoms with E-state index in [1.54, 1.807) is 18.2 Å². The van der Waals surface area contributed by atoms with Crippen molar-refractivity contribution in [1.82, 2.24) is 4.98 Å². The predicted molar refractivity (Wildman–Crippen MR) is 104 cm³/mol. The minimum absolute atomic E-state index is 0.00436. The number of aromatic nitrogens is 1. The molecule has 0 aliphatic heterocycles. The number of rotatable bonds is 6. The van der Waals surface area contributed by atoms with Crippen LogP contribution in [0.15, 0.2) is 59.0 Å². The molecule has 1 amide bonds. The number of oxazole rings is 1. The zero-order valence-electron chi connectivity index (χ0n) is 16.2. The Morgan fingerprint density at radius 3 is 2.03 bits per heavy atom. The first-order valence-electron chi connectivity index (χ1n) is 8.87. The number of carbonyl (C=O) groups excluding carboxylic acids is 1. The molecule has 0 saturated carbocycles. The van der Waals surface area contributed by atoms with Crippen molar-refractivity contribution in [3.8, 4) is 11.5 Å². The van der Waals surface area contributed by atoms with Gasteiger partial charge in [-0.05, 0) is 36.4 Å². The molecule has 14 heteroatoms. The van der Waals surface area contributed by atoms with Crippen LogP contribution in [0.2, 0.25) is 0 Å². The number of anilines is 2. The van der Waals surface area contributed by atoms with E-state index in [0.29, 0.717) is 0 Å². The number of carbonyl (C=O) groups is 1. The number of nitrogens with one attached hydrogen (secondary N) is 2. The predicted octanol–water partition coefficient (Wildman–Crippen LogP) is 4.80. The van der Waals surface area contributed by atoms with Crippen molar-refractivity contribution in [2.75, 3.05) is 10.0 Å². The van der Waals surface area contributed by atoms with Crippen LogP contribution in [0.1, 0.15) is 11.5 Å². The summed E-state index contributed by atoms with van der Waals surface area (Å²) in [6.07, 6.45) is -5.72. The molecule has 0 aliphatic rings. The molecule has 0 atom stereocenters.